The van der Waals surface area contributed by atoms with Gasteiger partial charge in [0.2, 0.25) is 12.3 Å². The number of carbonyl (C=O) groups excluding carboxylic acids is 2. The second-order valence-electron chi connectivity index (χ2n) is 19.6. The van der Waals surface area contributed by atoms with Crippen LogP contribution in [0.1, 0.15) is 116 Å². The highest BCUT2D eigenvalue weighted by Gasteiger charge is 2.50. The molecule has 14 heteroatoms. The van der Waals surface area contributed by atoms with E-state index in [1.807, 2.05) is 59.6 Å². The van der Waals surface area contributed by atoms with Crippen molar-refractivity contribution in [2.45, 2.75) is 113 Å². The van der Waals surface area contributed by atoms with Gasteiger partial charge in [-0.1, -0.05) is 117 Å². The standard InChI is InChI=1S/C55H60N8O6/c1-32(47-27-37-16-8-10-18-45(37)62(47)52(64)49(60-54(66)67)33-12-4-2-5-13-33)58-43(29-56)35-20-22-41-39(24-35)26-40-25-36(21-23-42(40)41)44-30-57-51(59-44)48-28-38-17-9-11-19-46(38)63(48)53(65)50(61-55-68-31-69-55)34-14-6-3-7-15-34/h2-7,12-15,20-25,29-30,37-38,45-50,55,58,60-61H,1,8-11,16-19,26-28,31,56H2,(H,57,59)(H,66,67)/b43-29-/t37-,38-,45-,46-,47+,48+,49-,50-/m1/s1. The summed E-state index contributed by atoms with van der Waals surface area (Å²) in [6, 6.07) is 29.7. The summed E-state index contributed by atoms with van der Waals surface area (Å²) < 4.78 is 11.1. The van der Waals surface area contributed by atoms with Gasteiger partial charge in [-0.2, -0.15) is 0 Å². The number of rotatable bonds is 13. The quantitative estimate of drug-likeness (QED) is 0.0655. The van der Waals surface area contributed by atoms with E-state index in [0.29, 0.717) is 28.8 Å². The molecule has 1 aromatic heterocycles. The minimum absolute atomic E-state index is 0.00658. The monoisotopic (exact) mass is 928 g/mol. The van der Waals surface area contributed by atoms with E-state index in [0.717, 1.165) is 98.0 Å². The summed E-state index contributed by atoms with van der Waals surface area (Å²) in [4.78, 5) is 54.0. The van der Waals surface area contributed by atoms with Crippen molar-refractivity contribution in [3.8, 4) is 22.4 Å². The maximum atomic E-state index is 14.8. The van der Waals surface area contributed by atoms with E-state index in [9.17, 15) is 19.5 Å². The third-order valence-corrected chi connectivity index (χ3v) is 15.7. The van der Waals surface area contributed by atoms with Gasteiger partial charge in [0.15, 0.2) is 6.79 Å². The smallest absolute Gasteiger partial charge is 0.405 e. The molecule has 0 unspecified atom stereocenters. The Bertz CT molecular complexity index is 2770. The molecule has 4 heterocycles. The van der Waals surface area contributed by atoms with Gasteiger partial charge in [-0.25, -0.2) is 9.78 Å². The van der Waals surface area contributed by atoms with Crippen LogP contribution in [0.4, 0.5) is 4.79 Å². The third-order valence-electron chi connectivity index (χ3n) is 15.7. The number of amides is 3. The van der Waals surface area contributed by atoms with E-state index in [-0.39, 0.29) is 42.8 Å². The normalized spacial score (nSPS) is 24.8. The fourth-order valence-corrected chi connectivity index (χ4v) is 12.5. The van der Waals surface area contributed by atoms with Crippen molar-refractivity contribution >= 4 is 23.6 Å². The Balaban J connectivity index is 0.807. The lowest BCUT2D eigenvalue weighted by Crippen LogP contribution is -2.52. The molecular formula is C55H60N8O6. The molecule has 3 saturated heterocycles. The summed E-state index contributed by atoms with van der Waals surface area (Å²) in [5, 5.41) is 19.2. The first kappa shape index (κ1) is 44.7. The molecule has 5 aromatic rings. The fourth-order valence-electron chi connectivity index (χ4n) is 12.5. The molecule has 8 atom stereocenters. The van der Waals surface area contributed by atoms with Crippen LogP contribution in [0, 0.1) is 11.8 Å². The lowest BCUT2D eigenvalue weighted by atomic mass is 9.84. The second kappa shape index (κ2) is 19.0. The number of likely N-dealkylation sites (tertiary alicyclic amines) is 2. The topological polar surface area (TPSA) is 187 Å². The summed E-state index contributed by atoms with van der Waals surface area (Å²) in [5.74, 6) is 1.25. The number of carbonyl (C=O) groups is 3. The van der Waals surface area contributed by atoms with Crippen LogP contribution in [0.15, 0.2) is 122 Å². The van der Waals surface area contributed by atoms with Gasteiger partial charge >= 0.3 is 6.09 Å². The van der Waals surface area contributed by atoms with Gasteiger partial charge in [-0.15, -0.1) is 0 Å². The Morgan fingerprint density at radius 3 is 2.07 bits per heavy atom. The Hall–Kier alpha value is -6.74. The number of nitrogens with two attached hydrogens (primary N) is 1. The summed E-state index contributed by atoms with van der Waals surface area (Å²) >= 11 is 0. The number of H-pyrrole nitrogens is 1. The Morgan fingerprint density at radius 2 is 1.41 bits per heavy atom. The number of aromatic amines is 1. The first-order valence-corrected chi connectivity index (χ1v) is 24.6. The molecule has 2 saturated carbocycles. The molecule has 69 heavy (non-hydrogen) atoms. The van der Waals surface area contributed by atoms with Crippen molar-refractivity contribution in [2.75, 3.05) is 6.79 Å². The Kier molecular flexibility index (Phi) is 12.3. The molecule has 0 spiro atoms. The SMILES string of the molecule is C=C(N/C(=C\N)c1ccc2c(c1)Cc1cc(-c3cnc([C@@H]4C[C@H]5CCCC[C@H]5N4C(=O)[C@H](NC4OCO4)c4ccccc4)[nH]3)ccc1-2)[C@@H]1C[C@H]2CCCC[C@H]2N1C(=O)[C@H](NC(=O)O)c1ccccc1. The predicted octanol–water partition coefficient (Wildman–Crippen LogP) is 8.63. The van der Waals surface area contributed by atoms with E-state index < -0.39 is 24.6 Å². The maximum absolute atomic E-state index is 14.8. The van der Waals surface area contributed by atoms with Crippen LogP contribution >= 0.6 is 0 Å². The van der Waals surface area contributed by atoms with Gasteiger partial charge < -0.3 is 45.7 Å². The highest BCUT2D eigenvalue weighted by atomic mass is 16.9. The van der Waals surface area contributed by atoms with E-state index in [2.05, 4.69) is 68.8 Å². The van der Waals surface area contributed by atoms with Crippen LogP contribution in [0.3, 0.4) is 0 Å². The highest BCUT2D eigenvalue weighted by molar-refractivity contribution is 5.88. The average Bonchev–Trinajstić information content (AvgIpc) is 4.17. The zero-order chi connectivity index (χ0) is 47.2. The summed E-state index contributed by atoms with van der Waals surface area (Å²) in [5.41, 5.74) is 16.7. The van der Waals surface area contributed by atoms with E-state index in [1.165, 1.54) is 23.1 Å². The Morgan fingerprint density at radius 1 is 0.783 bits per heavy atom. The average molecular weight is 929 g/mol. The highest BCUT2D eigenvalue weighted by Crippen LogP contribution is 2.48. The minimum Gasteiger partial charge on any atom is -0.465 e. The van der Waals surface area contributed by atoms with Crippen molar-refractivity contribution in [1.29, 1.82) is 0 Å². The summed E-state index contributed by atoms with van der Waals surface area (Å²) in [6.45, 7) is 4.70. The van der Waals surface area contributed by atoms with Crippen molar-refractivity contribution in [1.82, 2.24) is 35.7 Å². The predicted molar refractivity (Wildman–Crippen MR) is 261 cm³/mol. The molecule has 3 amide bonds. The number of hydrogen-bond acceptors (Lipinski definition) is 9. The van der Waals surface area contributed by atoms with Crippen LogP contribution in [-0.4, -0.2) is 74.1 Å². The third kappa shape index (κ3) is 8.59. The van der Waals surface area contributed by atoms with Gasteiger partial charge in [0.05, 0.1) is 29.7 Å². The summed E-state index contributed by atoms with van der Waals surface area (Å²) in [7, 11) is 0. The van der Waals surface area contributed by atoms with Crippen LogP contribution in [0.25, 0.3) is 28.1 Å². The van der Waals surface area contributed by atoms with Crippen LogP contribution < -0.4 is 21.7 Å². The van der Waals surface area contributed by atoms with Gasteiger partial charge in [0.1, 0.15) is 17.9 Å². The number of hydrogen-bond donors (Lipinski definition) is 6. The Labute approximate surface area is 402 Å². The number of fused-ring (bicyclic) bond motifs is 5. The largest absolute Gasteiger partial charge is 0.465 e. The van der Waals surface area contributed by atoms with Crippen LogP contribution in [0.2, 0.25) is 0 Å². The zero-order valence-electron chi connectivity index (χ0n) is 38.7. The second-order valence-corrected chi connectivity index (χ2v) is 19.6. The van der Waals surface area contributed by atoms with Crippen molar-refractivity contribution in [3.05, 3.63) is 155 Å². The number of benzene rings is 4. The first-order valence-electron chi connectivity index (χ1n) is 24.6. The molecule has 14 nitrogen and oxygen atoms in total. The van der Waals surface area contributed by atoms with Crippen molar-refractivity contribution < 1.29 is 29.0 Å². The molecule has 11 rings (SSSR count). The number of nitrogens with one attached hydrogen (secondary N) is 4. The molecule has 3 aliphatic carbocycles. The maximum Gasteiger partial charge on any atom is 0.405 e. The number of aromatic nitrogens is 2. The fraction of sp³-hybridized carbons (Fsp3) is 0.382. The lowest BCUT2D eigenvalue weighted by Gasteiger charge is -2.38. The van der Waals surface area contributed by atoms with Gasteiger partial charge in [-0.05, 0) is 113 Å². The van der Waals surface area contributed by atoms with E-state index in [4.69, 9.17) is 20.2 Å². The van der Waals surface area contributed by atoms with Crippen molar-refractivity contribution in [2.24, 2.45) is 17.6 Å². The van der Waals surface area contributed by atoms with Gasteiger partial charge in [0, 0.05) is 24.0 Å². The molecule has 0 radical (unpaired) electrons. The first-order chi connectivity index (χ1) is 33.7. The number of imidazole rings is 1. The molecular weight excluding hydrogens is 869 g/mol. The molecule has 0 bridgehead atoms. The molecule has 3 aliphatic heterocycles. The molecule has 4 aromatic carbocycles. The van der Waals surface area contributed by atoms with Gasteiger partial charge in [0.25, 0.3) is 5.91 Å². The molecule has 7 N–H and O–H groups in total. The minimum atomic E-state index is -1.25. The number of nitrogens with zero attached hydrogens (tertiary/aromatic N) is 3. The summed E-state index contributed by atoms with van der Waals surface area (Å²) in [6.07, 6.45) is 12.2. The van der Waals surface area contributed by atoms with Crippen molar-refractivity contribution in [3.63, 3.8) is 0 Å². The lowest BCUT2D eigenvalue weighted by molar-refractivity contribution is -0.335. The number of carboxylic acid groups (broad SMARTS) is 1. The number of ether oxygens (including phenoxy) is 2. The molecule has 356 valence electrons. The van der Waals surface area contributed by atoms with Gasteiger partial charge in [-0.3, -0.25) is 14.9 Å². The van der Waals surface area contributed by atoms with Crippen LogP contribution in [0.5, 0.6) is 0 Å². The van der Waals surface area contributed by atoms with Crippen LogP contribution in [-0.2, 0) is 25.5 Å². The van der Waals surface area contributed by atoms with E-state index >= 15 is 0 Å². The molecule has 6 aliphatic rings. The molecule has 5 fully saturated rings. The van der Waals surface area contributed by atoms with E-state index in [1.54, 1.807) is 18.3 Å². The zero-order valence-corrected chi connectivity index (χ0v) is 38.7.